The fourth-order valence-electron chi connectivity index (χ4n) is 1.84. The zero-order valence-corrected chi connectivity index (χ0v) is 13.5. The number of methoxy groups -OCH3 is 2. The number of rotatable bonds is 8. The van der Waals surface area contributed by atoms with E-state index in [-0.39, 0.29) is 28.4 Å². The Morgan fingerprint density at radius 2 is 1.74 bits per heavy atom. The quantitative estimate of drug-likeness (QED) is 0.184. The second-order valence-corrected chi connectivity index (χ2v) is 6.21. The number of carbonyl (C=O) groups excluding carboxylic acids is 1. The standard InChI is InChI=1S/C12H19N3O7S/c1-21-9-3-8(4-12(18)14-13)11(5-10(9)22-2)23(19,20)15(6-16)7-17/h3,5,16-17H,4,6-7,13H2,1-2H3,(H,14,18). The van der Waals surface area contributed by atoms with Crippen molar-refractivity contribution in [3.05, 3.63) is 17.7 Å². The van der Waals surface area contributed by atoms with E-state index >= 15 is 0 Å². The molecule has 5 N–H and O–H groups in total. The van der Waals surface area contributed by atoms with Crippen LogP contribution in [0.25, 0.3) is 0 Å². The third-order valence-electron chi connectivity index (χ3n) is 3.01. The second-order valence-electron chi connectivity index (χ2n) is 4.30. The summed E-state index contributed by atoms with van der Waals surface area (Å²) < 4.78 is 35.5. The summed E-state index contributed by atoms with van der Waals surface area (Å²) in [6, 6.07) is 2.46. The van der Waals surface area contributed by atoms with Crippen LogP contribution in [-0.4, -0.2) is 56.5 Å². The van der Waals surface area contributed by atoms with Crippen LogP contribution in [0.2, 0.25) is 0 Å². The van der Waals surface area contributed by atoms with Crippen molar-refractivity contribution in [1.82, 2.24) is 9.73 Å². The summed E-state index contributed by atoms with van der Waals surface area (Å²) in [5.41, 5.74) is 1.96. The lowest BCUT2D eigenvalue weighted by molar-refractivity contribution is -0.120. The van der Waals surface area contributed by atoms with Gasteiger partial charge >= 0.3 is 0 Å². The van der Waals surface area contributed by atoms with E-state index in [4.69, 9.17) is 25.5 Å². The fourth-order valence-corrected chi connectivity index (χ4v) is 3.14. The molecule has 0 fully saturated rings. The molecule has 0 aliphatic heterocycles. The molecule has 10 nitrogen and oxygen atoms in total. The minimum absolute atomic E-state index is 0.0671. The Morgan fingerprint density at radius 3 is 2.17 bits per heavy atom. The molecule has 1 aromatic rings. The van der Waals surface area contributed by atoms with Gasteiger partial charge in [0.05, 0.1) is 25.5 Å². The number of ether oxygens (including phenoxy) is 2. The van der Waals surface area contributed by atoms with Crippen LogP contribution in [0.1, 0.15) is 5.56 Å². The minimum Gasteiger partial charge on any atom is -0.493 e. The number of nitrogens with two attached hydrogens (primary N) is 1. The molecule has 0 aromatic heterocycles. The molecule has 0 saturated carbocycles. The molecule has 11 heteroatoms. The molecular formula is C12H19N3O7S. The van der Waals surface area contributed by atoms with Crippen LogP contribution in [0.5, 0.6) is 11.5 Å². The summed E-state index contributed by atoms with van der Waals surface area (Å²) in [5.74, 6) is 4.71. The van der Waals surface area contributed by atoms with Gasteiger partial charge < -0.3 is 19.7 Å². The van der Waals surface area contributed by atoms with Gasteiger partial charge in [0.2, 0.25) is 15.9 Å². The van der Waals surface area contributed by atoms with E-state index in [1.807, 2.05) is 5.43 Å². The highest BCUT2D eigenvalue weighted by atomic mass is 32.2. The van der Waals surface area contributed by atoms with Crippen LogP contribution in [0.4, 0.5) is 0 Å². The van der Waals surface area contributed by atoms with Gasteiger partial charge in [-0.2, -0.15) is 0 Å². The molecule has 0 atom stereocenters. The van der Waals surface area contributed by atoms with Gasteiger partial charge in [-0.3, -0.25) is 10.2 Å². The summed E-state index contributed by atoms with van der Waals surface area (Å²) in [4.78, 5) is 11.2. The summed E-state index contributed by atoms with van der Waals surface area (Å²) in [5, 5.41) is 18.2. The number of carbonyl (C=O) groups is 1. The summed E-state index contributed by atoms with van der Waals surface area (Å²) in [6.07, 6.45) is -0.351. The molecule has 0 aliphatic carbocycles. The first kappa shape index (κ1) is 19.1. The number of benzene rings is 1. The topological polar surface area (TPSA) is 151 Å². The number of hydrazine groups is 1. The Bertz CT molecular complexity index is 659. The Kier molecular flexibility index (Phi) is 6.72. The number of hydrogen-bond donors (Lipinski definition) is 4. The normalized spacial score (nSPS) is 11.4. The van der Waals surface area contributed by atoms with E-state index in [1.165, 1.54) is 20.3 Å². The molecular weight excluding hydrogens is 330 g/mol. The molecule has 1 amide bonds. The highest BCUT2D eigenvalue weighted by Crippen LogP contribution is 2.34. The fraction of sp³-hybridized carbons (Fsp3) is 0.417. The summed E-state index contributed by atoms with van der Waals surface area (Å²) >= 11 is 0. The zero-order chi connectivity index (χ0) is 17.6. The summed E-state index contributed by atoms with van der Waals surface area (Å²) in [7, 11) is -1.60. The van der Waals surface area contributed by atoms with E-state index in [2.05, 4.69) is 0 Å². The van der Waals surface area contributed by atoms with Crippen LogP contribution in [0.3, 0.4) is 0 Å². The van der Waals surface area contributed by atoms with E-state index in [0.29, 0.717) is 4.31 Å². The molecule has 0 radical (unpaired) electrons. The van der Waals surface area contributed by atoms with Crippen molar-refractivity contribution in [2.75, 3.05) is 27.7 Å². The predicted molar refractivity (Wildman–Crippen MR) is 78.8 cm³/mol. The molecule has 130 valence electrons. The average molecular weight is 349 g/mol. The molecule has 0 unspecified atom stereocenters. The first-order valence-electron chi connectivity index (χ1n) is 6.31. The lowest BCUT2D eigenvalue weighted by Crippen LogP contribution is -2.35. The van der Waals surface area contributed by atoms with Gasteiger partial charge in [0, 0.05) is 6.07 Å². The Hall–Kier alpha value is -1.92. The molecule has 1 rings (SSSR count). The lowest BCUT2D eigenvalue weighted by Gasteiger charge is -2.20. The van der Waals surface area contributed by atoms with Crippen LogP contribution in [-0.2, 0) is 21.2 Å². The van der Waals surface area contributed by atoms with Crippen molar-refractivity contribution < 1.29 is 32.9 Å². The van der Waals surface area contributed by atoms with Crippen molar-refractivity contribution >= 4 is 15.9 Å². The van der Waals surface area contributed by atoms with E-state index in [9.17, 15) is 13.2 Å². The van der Waals surface area contributed by atoms with Gasteiger partial charge in [-0.25, -0.2) is 14.3 Å². The number of nitrogens with one attached hydrogen (secondary N) is 1. The maximum absolute atomic E-state index is 12.5. The number of nitrogens with zero attached hydrogens (tertiary/aromatic N) is 1. The predicted octanol–water partition coefficient (Wildman–Crippen LogP) is -1.87. The van der Waals surface area contributed by atoms with Gasteiger partial charge in [-0.15, -0.1) is 4.31 Å². The van der Waals surface area contributed by atoms with Crippen molar-refractivity contribution in [1.29, 1.82) is 0 Å². The molecule has 1 aromatic carbocycles. The molecule has 0 bridgehead atoms. The van der Waals surface area contributed by atoms with Crippen LogP contribution >= 0.6 is 0 Å². The SMILES string of the molecule is COc1cc(CC(=O)NN)c(S(=O)(=O)N(CO)CO)cc1OC. The van der Waals surface area contributed by atoms with Gasteiger partial charge in [-0.05, 0) is 11.6 Å². The van der Waals surface area contributed by atoms with Gasteiger partial charge in [0.25, 0.3) is 0 Å². The van der Waals surface area contributed by atoms with Gasteiger partial charge in [0.1, 0.15) is 13.5 Å². The Morgan fingerprint density at radius 1 is 1.22 bits per heavy atom. The molecule has 0 aliphatic rings. The molecule has 0 saturated heterocycles. The van der Waals surface area contributed by atoms with E-state index < -0.39 is 29.4 Å². The first-order valence-corrected chi connectivity index (χ1v) is 7.75. The monoisotopic (exact) mass is 349 g/mol. The Balaban J connectivity index is 3.57. The van der Waals surface area contributed by atoms with E-state index in [1.54, 1.807) is 0 Å². The highest BCUT2D eigenvalue weighted by molar-refractivity contribution is 7.89. The lowest BCUT2D eigenvalue weighted by atomic mass is 10.1. The number of amides is 1. The maximum Gasteiger partial charge on any atom is 0.247 e. The third kappa shape index (κ3) is 4.09. The summed E-state index contributed by atoms with van der Waals surface area (Å²) in [6.45, 7) is -1.87. The Labute approximate surface area is 133 Å². The first-order chi connectivity index (χ1) is 10.8. The average Bonchev–Trinajstić information content (AvgIpc) is 2.54. The van der Waals surface area contributed by atoms with Gasteiger partial charge in [0.15, 0.2) is 11.5 Å². The van der Waals surface area contributed by atoms with Crippen molar-refractivity contribution in [2.45, 2.75) is 11.3 Å². The number of aliphatic hydroxyl groups is 2. The third-order valence-corrected chi connectivity index (χ3v) is 4.86. The molecule has 0 heterocycles. The molecule has 0 spiro atoms. The zero-order valence-electron chi connectivity index (χ0n) is 12.6. The smallest absolute Gasteiger partial charge is 0.247 e. The van der Waals surface area contributed by atoms with Crippen LogP contribution in [0.15, 0.2) is 17.0 Å². The molecule has 23 heavy (non-hydrogen) atoms. The maximum atomic E-state index is 12.5. The van der Waals surface area contributed by atoms with E-state index in [0.717, 1.165) is 6.07 Å². The van der Waals surface area contributed by atoms with Crippen molar-refractivity contribution in [3.63, 3.8) is 0 Å². The van der Waals surface area contributed by atoms with Crippen molar-refractivity contribution in [2.24, 2.45) is 5.84 Å². The van der Waals surface area contributed by atoms with Gasteiger partial charge in [-0.1, -0.05) is 0 Å². The highest BCUT2D eigenvalue weighted by Gasteiger charge is 2.28. The second kappa shape index (κ2) is 8.08. The minimum atomic E-state index is -4.27. The largest absolute Gasteiger partial charge is 0.493 e. The number of sulfonamides is 1. The number of hydrogen-bond acceptors (Lipinski definition) is 8. The van der Waals surface area contributed by atoms with Crippen LogP contribution in [0, 0.1) is 0 Å². The number of aliphatic hydroxyl groups excluding tert-OH is 2. The van der Waals surface area contributed by atoms with Crippen LogP contribution < -0.4 is 20.7 Å². The van der Waals surface area contributed by atoms with Crippen molar-refractivity contribution in [3.8, 4) is 11.5 Å².